The van der Waals surface area contributed by atoms with Crippen molar-refractivity contribution in [1.82, 2.24) is 0 Å². The molecule has 0 aliphatic carbocycles. The third kappa shape index (κ3) is 10.5. The van der Waals surface area contributed by atoms with E-state index in [1.165, 1.54) is 0 Å². The first kappa shape index (κ1) is 45.0. The van der Waals surface area contributed by atoms with Crippen LogP contribution in [0.2, 0.25) is 20.1 Å². The predicted octanol–water partition coefficient (Wildman–Crippen LogP) is 6.28. The summed E-state index contributed by atoms with van der Waals surface area (Å²) in [5.41, 5.74) is 8.62. The van der Waals surface area contributed by atoms with Gasteiger partial charge in [-0.25, -0.2) is 0 Å². The highest BCUT2D eigenvalue weighted by Gasteiger charge is 2.19. The van der Waals surface area contributed by atoms with Gasteiger partial charge in [-0.1, -0.05) is 46.4 Å². The molecule has 0 fully saturated rings. The number of benzene rings is 6. The van der Waals surface area contributed by atoms with Crippen LogP contribution in [0.3, 0.4) is 0 Å². The van der Waals surface area contributed by atoms with Crippen molar-refractivity contribution in [2.24, 2.45) is 0 Å². The number of fused-ring (bicyclic) bond motifs is 2. The quantitative estimate of drug-likeness (QED) is 0.101. The van der Waals surface area contributed by atoms with Gasteiger partial charge in [-0.05, 0) is 121 Å². The fourth-order valence-corrected chi connectivity index (χ4v) is 7.73. The first-order chi connectivity index (χ1) is 28.2. The average Bonchev–Trinajstić information content (AvgIpc) is 3.24. The van der Waals surface area contributed by atoms with Crippen LogP contribution in [0.5, 0.6) is 11.5 Å². The summed E-state index contributed by atoms with van der Waals surface area (Å²) in [5, 5.41) is 4.99. The summed E-state index contributed by atoms with van der Waals surface area (Å²) < 4.78 is 16.5. The zero-order valence-corrected chi connectivity index (χ0v) is 38.9. The number of ether oxygens (including phenoxy) is 2. The third-order valence-electron chi connectivity index (χ3n) is 10.2. The maximum absolute atomic E-state index is 6.49. The Hall–Kier alpha value is -4.54. The van der Waals surface area contributed by atoms with Gasteiger partial charge in [0.05, 0.1) is 22.1 Å². The molecule has 0 saturated carbocycles. The molecule has 6 nitrogen and oxygen atoms in total. The zero-order chi connectivity index (χ0) is 40.2. The van der Waals surface area contributed by atoms with Gasteiger partial charge < -0.3 is 53.2 Å². The second-order valence-electron chi connectivity index (χ2n) is 14.0. The Balaban J connectivity index is 0.00000302. The molecule has 8 aromatic rings. The van der Waals surface area contributed by atoms with E-state index in [-0.39, 0.29) is 34.0 Å². The van der Waals surface area contributed by atoms with Crippen LogP contribution in [0.4, 0.5) is 22.7 Å². The molecule has 60 heavy (non-hydrogen) atoms. The fourth-order valence-electron chi connectivity index (χ4n) is 7.14. The van der Waals surface area contributed by atoms with Crippen molar-refractivity contribution in [1.29, 1.82) is 0 Å². The van der Waals surface area contributed by atoms with Crippen LogP contribution in [0.15, 0.2) is 158 Å². The van der Waals surface area contributed by atoms with Gasteiger partial charge >= 0.3 is 0 Å². The van der Waals surface area contributed by atoms with E-state index >= 15 is 0 Å². The standard InChI is InChI=1S/C48H40Cl4N4O2.2BrH/c1-53(39-13-7-35(49)8-14-39)45-23-25-55(47-29-37(51)11-21-43(45)47)31-33-3-17-41(18-4-33)57-27-28-58-42-19-5-34(6-20-42)32-56-26-24-46(44-22-12-38(52)30-48(44)56)54(2)40-15-9-36(50)10-16-40;;/h3-26,29-30H,27-28,31-32H2,1-2H3;2*1H/q+2;;/p-2. The molecule has 0 bridgehead atoms. The van der Waals surface area contributed by atoms with Gasteiger partial charge in [0.2, 0.25) is 11.0 Å². The normalized spacial score (nSPS) is 10.8. The van der Waals surface area contributed by atoms with Gasteiger partial charge in [0.25, 0.3) is 0 Å². The predicted molar refractivity (Wildman–Crippen MR) is 239 cm³/mol. The monoisotopic (exact) mass is 1000 g/mol. The Morgan fingerprint density at radius 1 is 0.433 bits per heavy atom. The molecule has 8 rings (SSSR count). The lowest BCUT2D eigenvalue weighted by molar-refractivity contribution is -0.662. The molecule has 0 radical (unpaired) electrons. The number of anilines is 4. The molecule has 12 heteroatoms. The van der Waals surface area contributed by atoms with E-state index in [2.05, 4.69) is 94.0 Å². The zero-order valence-electron chi connectivity index (χ0n) is 32.7. The maximum atomic E-state index is 6.49. The number of nitrogens with zero attached hydrogens (tertiary/aromatic N) is 4. The largest absolute Gasteiger partial charge is 1.00 e. The Morgan fingerprint density at radius 2 is 0.783 bits per heavy atom. The molecule has 0 unspecified atom stereocenters. The first-order valence-electron chi connectivity index (χ1n) is 18.8. The number of hydrogen-bond donors (Lipinski definition) is 0. The lowest BCUT2D eigenvalue weighted by Gasteiger charge is -2.21. The topological polar surface area (TPSA) is 32.7 Å². The van der Waals surface area contributed by atoms with Crippen LogP contribution >= 0.6 is 46.4 Å². The SMILES string of the molecule is CN(c1ccc(Cl)cc1)c1cc[n+](Cc2ccc(OCCOc3ccc(C[n+]4ccc(N(C)c5ccc(Cl)cc5)c5ccc(Cl)cc54)cc3)cc2)c2cc(Cl)ccc12.[Br-].[Br-]. The second-order valence-corrected chi connectivity index (χ2v) is 15.8. The summed E-state index contributed by atoms with van der Waals surface area (Å²) in [5.74, 6) is 1.57. The third-order valence-corrected chi connectivity index (χ3v) is 11.2. The second kappa shape index (κ2) is 20.3. The van der Waals surface area contributed by atoms with Crippen LogP contribution in [-0.2, 0) is 13.1 Å². The molecule has 0 N–H and O–H groups in total. The van der Waals surface area contributed by atoms with Gasteiger partial charge in [-0.15, -0.1) is 0 Å². The lowest BCUT2D eigenvalue weighted by atomic mass is 10.1. The summed E-state index contributed by atoms with van der Waals surface area (Å²) >= 11 is 25.3. The molecule has 0 saturated heterocycles. The van der Waals surface area contributed by atoms with Crippen LogP contribution < -0.4 is 62.4 Å². The summed E-state index contributed by atoms with van der Waals surface area (Å²) in [6.07, 6.45) is 4.21. The molecule has 306 valence electrons. The molecule has 0 atom stereocenters. The minimum Gasteiger partial charge on any atom is -1.00 e. The molecule has 6 aromatic carbocycles. The highest BCUT2D eigenvalue weighted by molar-refractivity contribution is 6.32. The Kier molecular flexibility index (Phi) is 15.3. The highest BCUT2D eigenvalue weighted by Crippen LogP contribution is 2.33. The molecule has 0 aliphatic heterocycles. The maximum Gasteiger partial charge on any atom is 0.216 e. The van der Waals surface area contributed by atoms with Crippen molar-refractivity contribution < 1.29 is 52.6 Å². The fraction of sp³-hybridized carbons (Fsp3) is 0.125. The van der Waals surface area contributed by atoms with Crippen LogP contribution in [0.25, 0.3) is 21.8 Å². The van der Waals surface area contributed by atoms with Gasteiger partial charge in [-0.2, -0.15) is 9.13 Å². The minimum absolute atomic E-state index is 0. The molecule has 0 spiro atoms. The Labute approximate surface area is 391 Å². The highest BCUT2D eigenvalue weighted by atomic mass is 79.9. The number of halogens is 6. The molecular formula is C48H40Br2Cl4N4O2. The Bertz CT molecular complexity index is 2520. The van der Waals surface area contributed by atoms with Crippen molar-refractivity contribution >= 4 is 91.0 Å². The van der Waals surface area contributed by atoms with Crippen molar-refractivity contribution in [2.45, 2.75) is 13.1 Å². The molecule has 0 amide bonds. The van der Waals surface area contributed by atoms with E-state index < -0.39 is 0 Å². The summed E-state index contributed by atoms with van der Waals surface area (Å²) in [7, 11) is 4.11. The molecule has 0 aliphatic rings. The summed E-state index contributed by atoms with van der Waals surface area (Å²) in [4.78, 5) is 4.31. The van der Waals surface area contributed by atoms with Crippen molar-refractivity contribution in [3.8, 4) is 11.5 Å². The minimum atomic E-state index is 0. The number of aromatic nitrogens is 2. The number of pyridine rings is 2. The van der Waals surface area contributed by atoms with E-state index in [0.717, 1.165) is 67.2 Å². The Morgan fingerprint density at radius 3 is 1.15 bits per heavy atom. The summed E-state index contributed by atoms with van der Waals surface area (Å²) in [6, 6.07) is 48.3. The van der Waals surface area contributed by atoms with Gasteiger partial charge in [0.1, 0.15) is 24.7 Å². The van der Waals surface area contributed by atoms with Crippen molar-refractivity contribution in [3.63, 3.8) is 0 Å². The summed E-state index contributed by atoms with van der Waals surface area (Å²) in [6.45, 7) is 2.19. The molecule has 2 aromatic heterocycles. The lowest BCUT2D eigenvalue weighted by Crippen LogP contribution is -3.00. The van der Waals surface area contributed by atoms with Crippen LogP contribution in [0, 0.1) is 0 Å². The van der Waals surface area contributed by atoms with E-state index in [4.69, 9.17) is 55.9 Å². The smallest absolute Gasteiger partial charge is 0.216 e. The van der Waals surface area contributed by atoms with E-state index in [0.29, 0.717) is 46.4 Å². The van der Waals surface area contributed by atoms with Gasteiger partial charge in [0, 0.05) is 81.0 Å². The van der Waals surface area contributed by atoms with Crippen molar-refractivity contribution in [3.05, 3.63) is 189 Å². The van der Waals surface area contributed by atoms with Crippen molar-refractivity contribution in [2.75, 3.05) is 37.1 Å². The number of hydrogen-bond acceptors (Lipinski definition) is 4. The number of rotatable bonds is 13. The van der Waals surface area contributed by atoms with E-state index in [1.807, 2.05) is 97.1 Å². The van der Waals surface area contributed by atoms with E-state index in [1.54, 1.807) is 0 Å². The molecule has 2 heterocycles. The van der Waals surface area contributed by atoms with Gasteiger partial charge in [-0.3, -0.25) is 0 Å². The molecular weight excluding hydrogens is 966 g/mol. The van der Waals surface area contributed by atoms with Crippen LogP contribution in [-0.4, -0.2) is 27.3 Å². The van der Waals surface area contributed by atoms with Crippen LogP contribution in [0.1, 0.15) is 11.1 Å². The van der Waals surface area contributed by atoms with Gasteiger partial charge in [0.15, 0.2) is 25.5 Å². The average molecular weight is 1010 g/mol. The first-order valence-corrected chi connectivity index (χ1v) is 20.4. The van der Waals surface area contributed by atoms with E-state index in [9.17, 15) is 0 Å².